The fourth-order valence-electron chi connectivity index (χ4n) is 4.54. The maximum Gasteiger partial charge on any atom is 0.345 e. The number of ether oxygens (including phenoxy) is 2. The number of aliphatic carboxylic acids is 1. The van der Waals surface area contributed by atoms with E-state index in [9.17, 15) is 14.7 Å². The fraction of sp³-hybridized carbons (Fsp3) is 0.409. The van der Waals surface area contributed by atoms with Crippen LogP contribution in [-0.2, 0) is 19.1 Å². The maximum atomic E-state index is 12.9. The number of likely N-dealkylation sites (tertiary alicyclic amines) is 1. The molecule has 5 rings (SSSR count). The average molecular weight is 424 g/mol. The number of hydrogen-bond donors (Lipinski definition) is 2. The number of aromatic amines is 1. The fourth-order valence-corrected chi connectivity index (χ4v) is 4.54. The molecule has 5 heterocycles. The van der Waals surface area contributed by atoms with Crippen LogP contribution in [0.15, 0.2) is 41.7 Å². The molecular weight excluding hydrogens is 400 g/mol. The molecule has 31 heavy (non-hydrogen) atoms. The van der Waals surface area contributed by atoms with Crippen LogP contribution in [0.4, 0.5) is 0 Å². The Hall–Kier alpha value is -3.17. The summed E-state index contributed by atoms with van der Waals surface area (Å²) >= 11 is 0. The number of carbonyl (C=O) groups is 2. The molecule has 9 heteroatoms. The number of carbonyl (C=O) groups excluding carboxylic acids is 1. The molecule has 0 spiro atoms. The molecule has 3 aliphatic heterocycles. The highest BCUT2D eigenvalue weighted by Gasteiger charge is 2.39. The Labute approximate surface area is 178 Å². The van der Waals surface area contributed by atoms with Crippen LogP contribution in [0, 0.1) is 0 Å². The molecule has 0 aromatic carbocycles. The average Bonchev–Trinajstić information content (AvgIpc) is 3.36. The van der Waals surface area contributed by atoms with Crippen molar-refractivity contribution < 1.29 is 24.2 Å². The third kappa shape index (κ3) is 3.70. The van der Waals surface area contributed by atoms with Crippen molar-refractivity contribution in [2.24, 2.45) is 0 Å². The number of ketones is 1. The zero-order chi connectivity index (χ0) is 21.4. The van der Waals surface area contributed by atoms with Gasteiger partial charge in [-0.2, -0.15) is 0 Å². The van der Waals surface area contributed by atoms with Crippen molar-refractivity contribution in [3.05, 3.63) is 47.3 Å². The number of carboxylic acids is 1. The summed E-state index contributed by atoms with van der Waals surface area (Å²) in [6, 6.07) is 4.13. The van der Waals surface area contributed by atoms with E-state index in [1.165, 1.54) is 0 Å². The van der Waals surface area contributed by atoms with Gasteiger partial charge in [0.05, 0.1) is 13.2 Å². The second-order valence-electron chi connectivity index (χ2n) is 7.94. The van der Waals surface area contributed by atoms with Crippen LogP contribution in [-0.4, -0.2) is 82.1 Å². The predicted molar refractivity (Wildman–Crippen MR) is 112 cm³/mol. The molecule has 3 aliphatic rings. The summed E-state index contributed by atoms with van der Waals surface area (Å²) in [6.07, 6.45) is 6.77. The molecule has 2 fully saturated rings. The molecule has 2 aromatic heterocycles. The highest BCUT2D eigenvalue weighted by molar-refractivity contribution is 6.26. The lowest BCUT2D eigenvalue weighted by atomic mass is 10.0. The van der Waals surface area contributed by atoms with Crippen molar-refractivity contribution in [2.75, 3.05) is 39.4 Å². The van der Waals surface area contributed by atoms with Gasteiger partial charge in [-0.25, -0.2) is 9.78 Å². The van der Waals surface area contributed by atoms with Crippen LogP contribution >= 0.6 is 0 Å². The van der Waals surface area contributed by atoms with Gasteiger partial charge in [0.2, 0.25) is 11.7 Å². The first-order valence-corrected chi connectivity index (χ1v) is 10.5. The van der Waals surface area contributed by atoms with Gasteiger partial charge in [-0.15, -0.1) is 0 Å². The molecule has 2 N–H and O–H groups in total. The predicted octanol–water partition coefficient (Wildman–Crippen LogP) is 1.60. The SMILES string of the molecule is O=C(O)C1=C(N2CCC(N3CCOCC3)CC2)OC(=Cc2c[nH]c3ncccc23)C1=O. The molecule has 0 bridgehead atoms. The zero-order valence-electron chi connectivity index (χ0n) is 17.0. The van der Waals surface area contributed by atoms with E-state index >= 15 is 0 Å². The van der Waals surface area contributed by atoms with E-state index in [0.29, 0.717) is 24.8 Å². The summed E-state index contributed by atoms with van der Waals surface area (Å²) in [5.74, 6) is -1.69. The minimum absolute atomic E-state index is 0.0208. The van der Waals surface area contributed by atoms with Crippen molar-refractivity contribution in [3.63, 3.8) is 0 Å². The number of hydrogen-bond acceptors (Lipinski definition) is 7. The monoisotopic (exact) mass is 424 g/mol. The molecular formula is C22H24N4O5. The molecule has 0 atom stereocenters. The largest absolute Gasteiger partial charge is 0.477 e. The second-order valence-corrected chi connectivity index (χ2v) is 7.94. The number of nitrogens with one attached hydrogen (secondary N) is 1. The Balaban J connectivity index is 1.35. The number of morpholine rings is 1. The van der Waals surface area contributed by atoms with Gasteiger partial charge in [-0.05, 0) is 31.1 Å². The lowest BCUT2D eigenvalue weighted by molar-refractivity contribution is -0.134. The number of rotatable bonds is 4. The Morgan fingerprint density at radius 2 is 2.00 bits per heavy atom. The normalized spacial score (nSPS) is 22.5. The third-order valence-electron chi connectivity index (χ3n) is 6.17. The molecule has 2 saturated heterocycles. The van der Waals surface area contributed by atoms with E-state index in [1.54, 1.807) is 24.5 Å². The molecule has 0 amide bonds. The Morgan fingerprint density at radius 1 is 1.23 bits per heavy atom. The van der Waals surface area contributed by atoms with Gasteiger partial charge in [0.25, 0.3) is 0 Å². The summed E-state index contributed by atoms with van der Waals surface area (Å²) in [5.41, 5.74) is 1.12. The van der Waals surface area contributed by atoms with E-state index in [0.717, 1.165) is 50.1 Å². The molecule has 0 radical (unpaired) electrons. The molecule has 0 saturated carbocycles. The first-order chi connectivity index (χ1) is 15.1. The van der Waals surface area contributed by atoms with Crippen molar-refractivity contribution in [1.29, 1.82) is 0 Å². The van der Waals surface area contributed by atoms with E-state index < -0.39 is 11.8 Å². The van der Waals surface area contributed by atoms with Crippen LogP contribution < -0.4 is 0 Å². The topological polar surface area (TPSA) is 108 Å². The van der Waals surface area contributed by atoms with Crippen LogP contribution in [0.3, 0.4) is 0 Å². The number of allylic oxidation sites excluding steroid dienone is 1. The molecule has 2 aromatic rings. The molecule has 0 aliphatic carbocycles. The first kappa shape index (κ1) is 19.8. The minimum Gasteiger partial charge on any atom is -0.477 e. The van der Waals surface area contributed by atoms with Crippen LogP contribution in [0.1, 0.15) is 18.4 Å². The van der Waals surface area contributed by atoms with Gasteiger partial charge >= 0.3 is 5.97 Å². The summed E-state index contributed by atoms with van der Waals surface area (Å²) in [5, 5.41) is 10.5. The summed E-state index contributed by atoms with van der Waals surface area (Å²) < 4.78 is 11.3. The standard InChI is InChI=1S/C22H24N4O5/c27-19-17(12-14-13-24-20-16(14)2-1-5-23-20)31-21(18(19)22(28)29)26-6-3-15(4-7-26)25-8-10-30-11-9-25/h1-2,5,12-13,15H,3-4,6-11H2,(H,23,24)(H,28,29). The first-order valence-electron chi connectivity index (χ1n) is 10.5. The van der Waals surface area contributed by atoms with Crippen molar-refractivity contribution >= 4 is 28.9 Å². The molecule has 0 unspecified atom stereocenters. The Kier molecular flexibility index (Phi) is 5.21. The number of H-pyrrole nitrogens is 1. The highest BCUT2D eigenvalue weighted by Crippen LogP contribution is 2.32. The Morgan fingerprint density at radius 3 is 2.74 bits per heavy atom. The van der Waals surface area contributed by atoms with Gasteiger partial charge in [0.1, 0.15) is 5.65 Å². The Bertz CT molecular complexity index is 1070. The summed E-state index contributed by atoms with van der Waals surface area (Å²) in [7, 11) is 0. The number of fused-ring (bicyclic) bond motifs is 1. The third-order valence-corrected chi connectivity index (χ3v) is 6.17. The highest BCUT2D eigenvalue weighted by atomic mass is 16.5. The number of pyridine rings is 1. The van der Waals surface area contributed by atoms with E-state index in [2.05, 4.69) is 14.9 Å². The summed E-state index contributed by atoms with van der Waals surface area (Å²) in [4.78, 5) is 36.4. The van der Waals surface area contributed by atoms with Gasteiger partial charge in [-0.1, -0.05) is 0 Å². The van der Waals surface area contributed by atoms with Gasteiger partial charge < -0.3 is 24.5 Å². The number of aromatic nitrogens is 2. The number of Topliss-reactive ketones (excluding diaryl/α,β-unsaturated/α-hetero) is 1. The smallest absolute Gasteiger partial charge is 0.345 e. The van der Waals surface area contributed by atoms with Crippen LogP contribution in [0.25, 0.3) is 17.1 Å². The number of nitrogens with zero attached hydrogens (tertiary/aromatic N) is 3. The lowest BCUT2D eigenvalue weighted by Crippen LogP contribution is -2.48. The number of carboxylic acid groups (broad SMARTS) is 1. The molecule has 9 nitrogen and oxygen atoms in total. The quantitative estimate of drug-likeness (QED) is 0.563. The van der Waals surface area contributed by atoms with E-state index in [1.807, 2.05) is 11.0 Å². The van der Waals surface area contributed by atoms with Gasteiger partial charge in [0.15, 0.2) is 11.3 Å². The minimum atomic E-state index is -1.26. The zero-order valence-corrected chi connectivity index (χ0v) is 17.0. The van der Waals surface area contributed by atoms with Gasteiger partial charge in [-0.3, -0.25) is 9.69 Å². The van der Waals surface area contributed by atoms with Gasteiger partial charge in [0, 0.05) is 55.6 Å². The van der Waals surface area contributed by atoms with E-state index in [-0.39, 0.29) is 17.2 Å². The van der Waals surface area contributed by atoms with Crippen LogP contribution in [0.2, 0.25) is 0 Å². The van der Waals surface area contributed by atoms with Crippen molar-refractivity contribution in [2.45, 2.75) is 18.9 Å². The summed E-state index contributed by atoms with van der Waals surface area (Å²) in [6.45, 7) is 4.65. The van der Waals surface area contributed by atoms with E-state index in [4.69, 9.17) is 9.47 Å². The number of piperidine rings is 1. The van der Waals surface area contributed by atoms with Crippen LogP contribution in [0.5, 0.6) is 0 Å². The second kappa shape index (κ2) is 8.16. The lowest BCUT2D eigenvalue weighted by Gasteiger charge is -2.40. The van der Waals surface area contributed by atoms with Crippen molar-refractivity contribution in [3.8, 4) is 0 Å². The molecule has 162 valence electrons. The van der Waals surface area contributed by atoms with Crippen molar-refractivity contribution in [1.82, 2.24) is 19.8 Å². The maximum absolute atomic E-state index is 12.9.